The molecule has 1 aliphatic heterocycles. The van der Waals surface area contributed by atoms with Gasteiger partial charge in [0.05, 0.1) is 10.5 Å². The first-order chi connectivity index (χ1) is 12.5. The summed E-state index contributed by atoms with van der Waals surface area (Å²) in [6, 6.07) is 10.2. The highest BCUT2D eigenvalue weighted by Gasteiger charge is 2.26. The van der Waals surface area contributed by atoms with E-state index in [9.17, 15) is 13.2 Å². The second kappa shape index (κ2) is 7.84. The number of pyridine rings is 1. The van der Waals surface area contributed by atoms with E-state index in [1.54, 1.807) is 49.6 Å². The number of nitrogens with zero attached hydrogens (tertiary/aromatic N) is 2. The van der Waals surface area contributed by atoms with Gasteiger partial charge in [0, 0.05) is 32.9 Å². The highest BCUT2D eigenvalue weighted by molar-refractivity contribution is 7.89. The molecular formula is C18H22N4O3S. The first kappa shape index (κ1) is 18.3. The van der Waals surface area contributed by atoms with Crippen LogP contribution >= 0.6 is 0 Å². The number of carbonyl (C=O) groups is 1. The Bertz CT molecular complexity index is 876. The number of benzene rings is 1. The van der Waals surface area contributed by atoms with Crippen LogP contribution in [-0.2, 0) is 16.6 Å². The SMILES string of the molecule is CNC(=O)c1cccnc1NCc1ccc(S(=O)(=O)N2CCCC2)cc1. The molecule has 0 aliphatic carbocycles. The standard InChI is InChI=1S/C18H22N4O3S/c1-19-18(23)16-5-4-10-20-17(16)21-13-14-6-8-15(9-7-14)26(24,25)22-11-2-3-12-22/h4-10H,2-3,11-13H2,1H3,(H,19,23)(H,20,21). The van der Waals surface area contributed by atoms with Gasteiger partial charge in [0.25, 0.3) is 5.91 Å². The Labute approximate surface area is 153 Å². The molecular weight excluding hydrogens is 352 g/mol. The maximum absolute atomic E-state index is 12.5. The number of hydrogen-bond acceptors (Lipinski definition) is 5. The first-order valence-electron chi connectivity index (χ1n) is 8.52. The van der Waals surface area contributed by atoms with Crippen molar-refractivity contribution in [1.82, 2.24) is 14.6 Å². The fourth-order valence-electron chi connectivity index (χ4n) is 2.91. The van der Waals surface area contributed by atoms with Gasteiger partial charge in [0.2, 0.25) is 10.0 Å². The van der Waals surface area contributed by atoms with Gasteiger partial charge in [-0.25, -0.2) is 13.4 Å². The van der Waals surface area contributed by atoms with Gasteiger partial charge in [0.1, 0.15) is 5.82 Å². The monoisotopic (exact) mass is 374 g/mol. The Balaban J connectivity index is 1.70. The van der Waals surface area contributed by atoms with E-state index in [0.29, 0.717) is 35.9 Å². The van der Waals surface area contributed by atoms with Crippen LogP contribution in [0.4, 0.5) is 5.82 Å². The van der Waals surface area contributed by atoms with Gasteiger partial charge in [-0.2, -0.15) is 4.31 Å². The second-order valence-corrected chi connectivity index (χ2v) is 8.03. The second-order valence-electron chi connectivity index (χ2n) is 6.09. The number of rotatable bonds is 6. The number of sulfonamides is 1. The summed E-state index contributed by atoms with van der Waals surface area (Å²) in [7, 11) is -1.83. The summed E-state index contributed by atoms with van der Waals surface area (Å²) in [4.78, 5) is 16.4. The van der Waals surface area contributed by atoms with Crippen molar-refractivity contribution in [2.45, 2.75) is 24.3 Å². The number of amides is 1. The number of anilines is 1. The van der Waals surface area contributed by atoms with E-state index in [1.807, 2.05) is 0 Å². The number of hydrogen-bond donors (Lipinski definition) is 2. The van der Waals surface area contributed by atoms with Crippen molar-refractivity contribution in [3.05, 3.63) is 53.7 Å². The minimum atomic E-state index is -3.40. The molecule has 138 valence electrons. The summed E-state index contributed by atoms with van der Waals surface area (Å²) in [5, 5.41) is 5.71. The van der Waals surface area contributed by atoms with Crippen LogP contribution in [0.3, 0.4) is 0 Å². The average molecular weight is 374 g/mol. The molecule has 0 spiro atoms. The molecule has 3 rings (SSSR count). The molecule has 1 fully saturated rings. The van der Waals surface area contributed by atoms with E-state index in [0.717, 1.165) is 18.4 Å². The molecule has 2 heterocycles. The molecule has 0 unspecified atom stereocenters. The molecule has 2 aromatic rings. The van der Waals surface area contributed by atoms with Crippen molar-refractivity contribution in [3.63, 3.8) is 0 Å². The summed E-state index contributed by atoms with van der Waals surface area (Å²) >= 11 is 0. The van der Waals surface area contributed by atoms with Crippen molar-refractivity contribution >= 4 is 21.7 Å². The Morgan fingerprint density at radius 3 is 2.50 bits per heavy atom. The highest BCUT2D eigenvalue weighted by Crippen LogP contribution is 2.21. The van der Waals surface area contributed by atoms with Crippen LogP contribution in [0, 0.1) is 0 Å². The third kappa shape index (κ3) is 3.86. The van der Waals surface area contributed by atoms with Crippen molar-refractivity contribution in [2.75, 3.05) is 25.5 Å². The first-order valence-corrected chi connectivity index (χ1v) is 9.96. The molecule has 1 aliphatic rings. The van der Waals surface area contributed by atoms with Crippen LogP contribution in [-0.4, -0.2) is 43.8 Å². The summed E-state index contributed by atoms with van der Waals surface area (Å²) in [5.41, 5.74) is 1.36. The minimum absolute atomic E-state index is 0.215. The molecule has 26 heavy (non-hydrogen) atoms. The normalized spacial score (nSPS) is 15.0. The van der Waals surface area contributed by atoms with Crippen molar-refractivity contribution in [2.24, 2.45) is 0 Å². The lowest BCUT2D eigenvalue weighted by Crippen LogP contribution is -2.27. The zero-order valence-corrected chi connectivity index (χ0v) is 15.4. The molecule has 8 heteroatoms. The van der Waals surface area contributed by atoms with Gasteiger partial charge in [-0.15, -0.1) is 0 Å². The molecule has 1 amide bonds. The molecule has 1 saturated heterocycles. The van der Waals surface area contributed by atoms with Crippen LogP contribution in [0.2, 0.25) is 0 Å². The predicted molar refractivity (Wildman–Crippen MR) is 99.4 cm³/mol. The van der Waals surface area contributed by atoms with Gasteiger partial charge in [-0.05, 0) is 42.7 Å². The maximum atomic E-state index is 12.5. The number of aromatic nitrogens is 1. The lowest BCUT2D eigenvalue weighted by Gasteiger charge is -2.16. The molecule has 0 radical (unpaired) electrons. The molecule has 1 aromatic carbocycles. The molecule has 2 N–H and O–H groups in total. The largest absolute Gasteiger partial charge is 0.365 e. The quantitative estimate of drug-likeness (QED) is 0.805. The molecule has 0 bridgehead atoms. The highest BCUT2D eigenvalue weighted by atomic mass is 32.2. The average Bonchev–Trinajstić information content (AvgIpc) is 3.22. The zero-order valence-electron chi connectivity index (χ0n) is 14.6. The predicted octanol–water partition coefficient (Wildman–Crippen LogP) is 1.84. The smallest absolute Gasteiger partial charge is 0.254 e. The van der Waals surface area contributed by atoms with Gasteiger partial charge in [0.15, 0.2) is 0 Å². The minimum Gasteiger partial charge on any atom is -0.365 e. The van der Waals surface area contributed by atoms with Gasteiger partial charge in [-0.1, -0.05) is 12.1 Å². The Morgan fingerprint density at radius 1 is 1.15 bits per heavy atom. The van der Waals surface area contributed by atoms with Gasteiger partial charge >= 0.3 is 0 Å². The number of nitrogens with one attached hydrogen (secondary N) is 2. The van der Waals surface area contributed by atoms with Crippen LogP contribution in [0.5, 0.6) is 0 Å². The van der Waals surface area contributed by atoms with E-state index in [4.69, 9.17) is 0 Å². The van der Waals surface area contributed by atoms with Crippen molar-refractivity contribution in [3.8, 4) is 0 Å². The summed E-state index contributed by atoms with van der Waals surface area (Å²) in [6.45, 7) is 1.62. The Morgan fingerprint density at radius 2 is 1.85 bits per heavy atom. The molecule has 0 saturated carbocycles. The topological polar surface area (TPSA) is 91.4 Å². The van der Waals surface area contributed by atoms with E-state index < -0.39 is 10.0 Å². The maximum Gasteiger partial charge on any atom is 0.254 e. The van der Waals surface area contributed by atoms with Crippen LogP contribution < -0.4 is 10.6 Å². The lowest BCUT2D eigenvalue weighted by atomic mass is 10.2. The molecule has 1 aromatic heterocycles. The van der Waals surface area contributed by atoms with Crippen LogP contribution in [0.15, 0.2) is 47.5 Å². The van der Waals surface area contributed by atoms with Gasteiger partial charge in [-0.3, -0.25) is 4.79 Å². The van der Waals surface area contributed by atoms with E-state index in [2.05, 4.69) is 15.6 Å². The summed E-state index contributed by atoms with van der Waals surface area (Å²) < 4.78 is 26.6. The van der Waals surface area contributed by atoms with Crippen molar-refractivity contribution in [1.29, 1.82) is 0 Å². The fourth-order valence-corrected chi connectivity index (χ4v) is 4.42. The van der Waals surface area contributed by atoms with E-state index >= 15 is 0 Å². The van der Waals surface area contributed by atoms with Gasteiger partial charge < -0.3 is 10.6 Å². The third-order valence-corrected chi connectivity index (χ3v) is 6.28. The van der Waals surface area contributed by atoms with Crippen LogP contribution in [0.25, 0.3) is 0 Å². The molecule has 7 nitrogen and oxygen atoms in total. The summed E-state index contributed by atoms with van der Waals surface area (Å²) in [6.07, 6.45) is 3.44. The Kier molecular flexibility index (Phi) is 5.53. The van der Waals surface area contributed by atoms with E-state index in [-0.39, 0.29) is 5.91 Å². The van der Waals surface area contributed by atoms with Crippen LogP contribution in [0.1, 0.15) is 28.8 Å². The Hall–Kier alpha value is -2.45. The fraction of sp³-hybridized carbons (Fsp3) is 0.333. The van der Waals surface area contributed by atoms with Crippen molar-refractivity contribution < 1.29 is 13.2 Å². The third-order valence-electron chi connectivity index (χ3n) is 4.37. The lowest BCUT2D eigenvalue weighted by molar-refractivity contribution is 0.0963. The number of carbonyl (C=O) groups excluding carboxylic acids is 1. The zero-order chi connectivity index (χ0) is 18.6. The summed E-state index contributed by atoms with van der Waals surface area (Å²) in [5.74, 6) is 0.272. The van der Waals surface area contributed by atoms with E-state index in [1.165, 1.54) is 4.31 Å². The molecule has 0 atom stereocenters.